The van der Waals surface area contributed by atoms with Crippen LogP contribution in [0.3, 0.4) is 0 Å². The molecule has 0 bridgehead atoms. The maximum absolute atomic E-state index is 13.5. The number of Topliss-reactive ketones (excluding diaryl/α,β-unsaturated/α-hetero) is 1. The van der Waals surface area contributed by atoms with E-state index in [2.05, 4.69) is 4.98 Å². The van der Waals surface area contributed by atoms with Crippen molar-refractivity contribution < 1.29 is 28.9 Å². The number of hydrogen-bond acceptors (Lipinski definition) is 8. The Kier molecular flexibility index (Phi) is 7.76. The number of aryl methyl sites for hydroxylation is 2. The van der Waals surface area contributed by atoms with Crippen LogP contribution >= 0.6 is 11.3 Å². The molecule has 1 N–H and O–H groups in total. The Hall–Kier alpha value is -2.91. The molecular weight excluding hydrogens is 444 g/mol. The number of benzene rings is 1. The number of amides is 1. The molecule has 1 aromatic heterocycles. The van der Waals surface area contributed by atoms with Gasteiger partial charge >= 0.3 is 0 Å². The zero-order valence-corrected chi connectivity index (χ0v) is 20.6. The van der Waals surface area contributed by atoms with Crippen LogP contribution in [0.2, 0.25) is 0 Å². The quantitative estimate of drug-likeness (QED) is 0.519. The van der Waals surface area contributed by atoms with E-state index in [-0.39, 0.29) is 18.7 Å². The standard InChI is InChI=1S/C24H30N2O6S/c1-13(2)12-32-18-11-16(7-8-17(18)31-6)20-19(21(27)23-14(3)25-15(4)33-23)22(28)24(29)26(20)9-10-30-5/h7-8,11,13,20,28H,9-10,12H2,1-6H3. The number of methoxy groups -OCH3 is 2. The van der Waals surface area contributed by atoms with Crippen LogP contribution in [0.4, 0.5) is 0 Å². The molecule has 33 heavy (non-hydrogen) atoms. The molecule has 1 aliphatic heterocycles. The van der Waals surface area contributed by atoms with Crippen LogP contribution < -0.4 is 9.47 Å². The maximum Gasteiger partial charge on any atom is 0.290 e. The summed E-state index contributed by atoms with van der Waals surface area (Å²) in [5.74, 6) is -0.225. The fraction of sp³-hybridized carbons (Fsp3) is 0.458. The molecule has 9 heteroatoms. The molecule has 178 valence electrons. The summed E-state index contributed by atoms with van der Waals surface area (Å²) in [6, 6.07) is 4.48. The van der Waals surface area contributed by atoms with E-state index < -0.39 is 23.5 Å². The molecule has 3 rings (SSSR count). The van der Waals surface area contributed by atoms with Crippen LogP contribution in [0.25, 0.3) is 0 Å². The van der Waals surface area contributed by atoms with Gasteiger partial charge in [-0.25, -0.2) is 4.98 Å². The van der Waals surface area contributed by atoms with Gasteiger partial charge in [-0.3, -0.25) is 9.59 Å². The van der Waals surface area contributed by atoms with E-state index in [1.54, 1.807) is 32.2 Å². The highest BCUT2D eigenvalue weighted by Crippen LogP contribution is 2.42. The summed E-state index contributed by atoms with van der Waals surface area (Å²) in [4.78, 5) is 32.7. The Morgan fingerprint density at radius 3 is 2.55 bits per heavy atom. The zero-order valence-electron chi connectivity index (χ0n) is 19.8. The number of aromatic nitrogens is 1. The largest absolute Gasteiger partial charge is 0.503 e. The molecular formula is C24H30N2O6S. The predicted octanol–water partition coefficient (Wildman–Crippen LogP) is 4.03. The second-order valence-corrected chi connectivity index (χ2v) is 9.45. The van der Waals surface area contributed by atoms with E-state index >= 15 is 0 Å². The van der Waals surface area contributed by atoms with Crippen molar-refractivity contribution in [2.24, 2.45) is 5.92 Å². The van der Waals surface area contributed by atoms with Gasteiger partial charge in [-0.05, 0) is 37.5 Å². The van der Waals surface area contributed by atoms with Crippen molar-refractivity contribution in [1.29, 1.82) is 0 Å². The summed E-state index contributed by atoms with van der Waals surface area (Å²) < 4.78 is 16.5. The van der Waals surface area contributed by atoms with E-state index in [0.717, 1.165) is 5.01 Å². The SMILES string of the molecule is COCCN1C(=O)C(O)=C(C(=O)c2sc(C)nc2C)C1c1ccc(OC)c(OCC(C)C)c1. The lowest BCUT2D eigenvalue weighted by Crippen LogP contribution is -2.34. The Labute approximate surface area is 197 Å². The van der Waals surface area contributed by atoms with Gasteiger partial charge in [0.15, 0.2) is 17.3 Å². The molecule has 0 saturated carbocycles. The molecule has 1 unspecified atom stereocenters. The summed E-state index contributed by atoms with van der Waals surface area (Å²) in [5.41, 5.74) is 1.23. The zero-order chi connectivity index (χ0) is 24.3. The predicted molar refractivity (Wildman–Crippen MR) is 125 cm³/mol. The first kappa shape index (κ1) is 24.7. The Bertz CT molecular complexity index is 1070. The summed E-state index contributed by atoms with van der Waals surface area (Å²) in [5, 5.41) is 11.5. The number of carbonyl (C=O) groups excluding carboxylic acids is 2. The van der Waals surface area contributed by atoms with Gasteiger partial charge in [-0.15, -0.1) is 11.3 Å². The number of ketones is 1. The first-order valence-electron chi connectivity index (χ1n) is 10.7. The lowest BCUT2D eigenvalue weighted by molar-refractivity contribution is -0.130. The lowest BCUT2D eigenvalue weighted by Gasteiger charge is -2.27. The van der Waals surface area contributed by atoms with Crippen LogP contribution in [0.5, 0.6) is 11.5 Å². The molecule has 0 saturated heterocycles. The lowest BCUT2D eigenvalue weighted by atomic mass is 9.94. The van der Waals surface area contributed by atoms with Crippen molar-refractivity contribution in [3.8, 4) is 11.5 Å². The summed E-state index contributed by atoms with van der Waals surface area (Å²) in [7, 11) is 3.08. The number of rotatable bonds is 10. The van der Waals surface area contributed by atoms with Gasteiger partial charge in [0.05, 0.1) is 47.5 Å². The molecule has 1 amide bonds. The number of aliphatic hydroxyl groups excluding tert-OH is 1. The normalized spacial score (nSPS) is 16.2. The van der Waals surface area contributed by atoms with Crippen molar-refractivity contribution in [2.45, 2.75) is 33.7 Å². The second-order valence-electron chi connectivity index (χ2n) is 8.25. The van der Waals surface area contributed by atoms with E-state index in [4.69, 9.17) is 14.2 Å². The van der Waals surface area contributed by atoms with Crippen molar-refractivity contribution in [2.75, 3.05) is 34.0 Å². The van der Waals surface area contributed by atoms with Crippen LogP contribution in [-0.4, -0.2) is 60.7 Å². The molecule has 2 aromatic rings. The van der Waals surface area contributed by atoms with Crippen molar-refractivity contribution in [3.63, 3.8) is 0 Å². The fourth-order valence-corrected chi connectivity index (χ4v) is 4.62. The average Bonchev–Trinajstić information content (AvgIpc) is 3.25. The van der Waals surface area contributed by atoms with Gasteiger partial charge in [0.1, 0.15) is 0 Å². The Balaban J connectivity index is 2.11. The Morgan fingerprint density at radius 1 is 1.24 bits per heavy atom. The third kappa shape index (κ3) is 5.04. The smallest absolute Gasteiger partial charge is 0.290 e. The summed E-state index contributed by atoms with van der Waals surface area (Å²) in [6.45, 7) is 8.56. The van der Waals surface area contributed by atoms with Gasteiger partial charge in [0, 0.05) is 13.7 Å². The van der Waals surface area contributed by atoms with Crippen LogP contribution in [0, 0.1) is 19.8 Å². The molecule has 1 aromatic carbocycles. The van der Waals surface area contributed by atoms with Crippen molar-refractivity contribution >= 4 is 23.0 Å². The van der Waals surface area contributed by atoms with Gasteiger partial charge in [-0.2, -0.15) is 0 Å². The fourth-order valence-electron chi connectivity index (χ4n) is 3.75. The van der Waals surface area contributed by atoms with Crippen LogP contribution in [0.1, 0.15) is 45.8 Å². The third-order valence-corrected chi connectivity index (χ3v) is 6.34. The number of thiazole rings is 1. The van der Waals surface area contributed by atoms with E-state index in [1.165, 1.54) is 23.3 Å². The summed E-state index contributed by atoms with van der Waals surface area (Å²) in [6.07, 6.45) is 0. The second kappa shape index (κ2) is 10.4. The first-order valence-corrected chi connectivity index (χ1v) is 11.5. The van der Waals surface area contributed by atoms with Crippen molar-refractivity contribution in [1.82, 2.24) is 9.88 Å². The number of carbonyl (C=O) groups is 2. The molecule has 8 nitrogen and oxygen atoms in total. The van der Waals surface area contributed by atoms with Gasteiger partial charge < -0.3 is 24.2 Å². The van der Waals surface area contributed by atoms with Gasteiger partial charge in [0.2, 0.25) is 5.78 Å². The van der Waals surface area contributed by atoms with Gasteiger partial charge in [-0.1, -0.05) is 19.9 Å². The number of hydrogen-bond donors (Lipinski definition) is 1. The highest BCUT2D eigenvalue weighted by atomic mass is 32.1. The molecule has 0 aliphatic carbocycles. The number of ether oxygens (including phenoxy) is 3. The van der Waals surface area contributed by atoms with Crippen LogP contribution in [-0.2, 0) is 9.53 Å². The van der Waals surface area contributed by atoms with Crippen molar-refractivity contribution in [3.05, 3.63) is 50.7 Å². The molecule has 0 radical (unpaired) electrons. The monoisotopic (exact) mass is 474 g/mol. The molecule has 1 atom stereocenters. The maximum atomic E-state index is 13.5. The highest BCUT2D eigenvalue weighted by Gasteiger charge is 2.44. The average molecular weight is 475 g/mol. The molecule has 0 spiro atoms. The minimum absolute atomic E-state index is 0.0304. The van der Waals surface area contributed by atoms with Crippen LogP contribution in [0.15, 0.2) is 29.5 Å². The van der Waals surface area contributed by atoms with E-state index in [0.29, 0.717) is 40.2 Å². The Morgan fingerprint density at radius 2 is 1.97 bits per heavy atom. The third-order valence-electron chi connectivity index (χ3n) is 5.27. The molecule has 1 aliphatic rings. The first-order chi connectivity index (χ1) is 15.7. The van der Waals surface area contributed by atoms with E-state index in [1.807, 2.05) is 20.8 Å². The number of nitrogens with zero attached hydrogens (tertiary/aromatic N) is 2. The highest BCUT2D eigenvalue weighted by molar-refractivity contribution is 7.14. The molecule has 0 fully saturated rings. The topological polar surface area (TPSA) is 98.2 Å². The molecule has 2 heterocycles. The van der Waals surface area contributed by atoms with Gasteiger partial charge in [0.25, 0.3) is 5.91 Å². The van der Waals surface area contributed by atoms with E-state index in [9.17, 15) is 14.7 Å². The minimum Gasteiger partial charge on any atom is -0.503 e. The minimum atomic E-state index is -0.797. The summed E-state index contributed by atoms with van der Waals surface area (Å²) >= 11 is 1.24. The number of aliphatic hydroxyl groups is 1.